The van der Waals surface area contributed by atoms with Crippen LogP contribution in [0.1, 0.15) is 25.3 Å². The molecule has 1 atom stereocenters. The van der Waals surface area contributed by atoms with E-state index < -0.39 is 10.0 Å². The van der Waals surface area contributed by atoms with Crippen LogP contribution in [0, 0.1) is 5.92 Å². The Labute approximate surface area is 176 Å². The fourth-order valence-electron chi connectivity index (χ4n) is 3.34. The summed E-state index contributed by atoms with van der Waals surface area (Å²) in [6.07, 6.45) is 1.32. The van der Waals surface area contributed by atoms with Gasteiger partial charge in [-0.2, -0.15) is 0 Å². The van der Waals surface area contributed by atoms with Crippen molar-refractivity contribution in [2.75, 3.05) is 25.0 Å². The molecule has 29 heavy (non-hydrogen) atoms. The number of carbonyl (C=O) groups is 1. The number of halogens is 1. The maximum atomic E-state index is 12.8. The van der Waals surface area contributed by atoms with Gasteiger partial charge in [0.15, 0.2) is 0 Å². The van der Waals surface area contributed by atoms with Crippen LogP contribution in [0.5, 0.6) is 5.75 Å². The normalized spacial score (nSPS) is 17.7. The fourth-order valence-corrected chi connectivity index (χ4v) is 5.07. The van der Waals surface area contributed by atoms with E-state index in [0.29, 0.717) is 42.3 Å². The maximum absolute atomic E-state index is 12.8. The lowest BCUT2D eigenvalue weighted by atomic mass is 9.99. The van der Waals surface area contributed by atoms with Crippen molar-refractivity contribution >= 4 is 33.2 Å². The van der Waals surface area contributed by atoms with E-state index in [4.69, 9.17) is 16.3 Å². The maximum Gasteiger partial charge on any atom is 0.228 e. The topological polar surface area (TPSA) is 75.7 Å². The Kier molecular flexibility index (Phi) is 7.16. The van der Waals surface area contributed by atoms with Gasteiger partial charge in [0.05, 0.1) is 18.3 Å². The molecule has 2 aromatic rings. The van der Waals surface area contributed by atoms with Gasteiger partial charge in [0.1, 0.15) is 5.75 Å². The van der Waals surface area contributed by atoms with Gasteiger partial charge in [0, 0.05) is 23.8 Å². The third kappa shape index (κ3) is 5.95. The zero-order valence-corrected chi connectivity index (χ0v) is 17.9. The first-order chi connectivity index (χ1) is 13.9. The van der Waals surface area contributed by atoms with Crippen LogP contribution < -0.4 is 10.1 Å². The lowest BCUT2D eigenvalue weighted by molar-refractivity contribution is -0.120. The van der Waals surface area contributed by atoms with Crippen LogP contribution in [-0.2, 0) is 20.6 Å². The number of nitrogens with zero attached hydrogens (tertiary/aromatic N) is 1. The zero-order valence-electron chi connectivity index (χ0n) is 16.3. The van der Waals surface area contributed by atoms with E-state index >= 15 is 0 Å². The Balaban J connectivity index is 1.61. The summed E-state index contributed by atoms with van der Waals surface area (Å²) in [5.41, 5.74) is 1.34. The predicted molar refractivity (Wildman–Crippen MR) is 115 cm³/mol. The summed E-state index contributed by atoms with van der Waals surface area (Å²) in [5, 5.41) is 3.44. The number of ether oxygens (including phenoxy) is 1. The molecule has 1 saturated heterocycles. The molecule has 0 bridgehead atoms. The molecule has 1 N–H and O–H groups in total. The highest BCUT2D eigenvalue weighted by Gasteiger charge is 2.32. The molecule has 1 aliphatic heterocycles. The molecule has 1 aliphatic rings. The van der Waals surface area contributed by atoms with Crippen LogP contribution in [0.2, 0.25) is 5.02 Å². The molecular formula is C21H25ClN2O4S. The zero-order chi connectivity index (χ0) is 20.9. The minimum Gasteiger partial charge on any atom is -0.494 e. The van der Waals surface area contributed by atoms with Gasteiger partial charge < -0.3 is 10.1 Å². The molecule has 0 saturated carbocycles. The van der Waals surface area contributed by atoms with Crippen LogP contribution in [0.25, 0.3) is 0 Å². The van der Waals surface area contributed by atoms with E-state index in [1.165, 1.54) is 4.31 Å². The van der Waals surface area contributed by atoms with Crippen molar-refractivity contribution in [3.8, 4) is 5.75 Å². The number of sulfonamides is 1. The molecule has 6 nitrogen and oxygen atoms in total. The standard InChI is InChI=1S/C21H25ClN2O4S/c1-2-28-20-11-9-19(10-12-20)23-21(25)17-4-3-13-24(14-17)29(26,27)15-16-5-7-18(22)8-6-16/h5-12,17H,2-4,13-15H2,1H3,(H,23,25)/t17-/m1/s1. The highest BCUT2D eigenvalue weighted by Crippen LogP contribution is 2.24. The van der Waals surface area contributed by atoms with Gasteiger partial charge in [-0.25, -0.2) is 12.7 Å². The Bertz CT molecular complexity index is 930. The summed E-state index contributed by atoms with van der Waals surface area (Å²) in [4.78, 5) is 12.7. The van der Waals surface area contributed by atoms with Gasteiger partial charge in [-0.3, -0.25) is 4.79 Å². The fraction of sp³-hybridized carbons (Fsp3) is 0.381. The van der Waals surface area contributed by atoms with Gasteiger partial charge >= 0.3 is 0 Å². The second-order valence-corrected chi connectivity index (χ2v) is 9.43. The molecule has 156 valence electrons. The number of piperidine rings is 1. The van der Waals surface area contributed by atoms with Gasteiger partial charge in [-0.05, 0) is 61.7 Å². The number of anilines is 1. The average molecular weight is 437 g/mol. The molecule has 0 aromatic heterocycles. The third-order valence-electron chi connectivity index (χ3n) is 4.84. The van der Waals surface area contributed by atoms with Gasteiger partial charge in [0.25, 0.3) is 0 Å². The van der Waals surface area contributed by atoms with Gasteiger partial charge in [-0.15, -0.1) is 0 Å². The Morgan fingerprint density at radius 1 is 1.17 bits per heavy atom. The second kappa shape index (κ2) is 9.61. The summed E-state index contributed by atoms with van der Waals surface area (Å²) >= 11 is 5.87. The van der Waals surface area contributed by atoms with Crippen LogP contribution in [-0.4, -0.2) is 38.3 Å². The summed E-state index contributed by atoms with van der Waals surface area (Å²) in [7, 11) is -3.51. The molecule has 0 spiro atoms. The Hall–Kier alpha value is -2.09. The van der Waals surface area contributed by atoms with E-state index in [0.717, 1.165) is 5.75 Å². The monoisotopic (exact) mass is 436 g/mol. The van der Waals surface area contributed by atoms with Crippen LogP contribution in [0.4, 0.5) is 5.69 Å². The van der Waals surface area contributed by atoms with Gasteiger partial charge in [-0.1, -0.05) is 23.7 Å². The number of hydrogen-bond acceptors (Lipinski definition) is 4. The molecule has 0 aliphatic carbocycles. The van der Waals surface area contributed by atoms with Crippen molar-refractivity contribution < 1.29 is 17.9 Å². The molecule has 1 amide bonds. The molecule has 1 fully saturated rings. The van der Waals surface area contributed by atoms with E-state index in [9.17, 15) is 13.2 Å². The largest absolute Gasteiger partial charge is 0.494 e. The average Bonchev–Trinajstić information content (AvgIpc) is 2.71. The quantitative estimate of drug-likeness (QED) is 0.713. The van der Waals surface area contributed by atoms with Gasteiger partial charge in [0.2, 0.25) is 15.9 Å². The van der Waals surface area contributed by atoms with Crippen LogP contribution in [0.15, 0.2) is 48.5 Å². The molecule has 0 radical (unpaired) electrons. The van der Waals surface area contributed by atoms with Crippen molar-refractivity contribution in [3.63, 3.8) is 0 Å². The molecule has 1 heterocycles. The first-order valence-electron chi connectivity index (χ1n) is 9.63. The summed E-state index contributed by atoms with van der Waals surface area (Å²) in [5.74, 6) is 0.0933. The lowest BCUT2D eigenvalue weighted by Crippen LogP contribution is -2.44. The number of benzene rings is 2. The predicted octanol–water partition coefficient (Wildman–Crippen LogP) is 3.92. The minimum atomic E-state index is -3.51. The second-order valence-electron chi connectivity index (χ2n) is 7.03. The Morgan fingerprint density at radius 3 is 2.52 bits per heavy atom. The van der Waals surface area contributed by atoms with Crippen LogP contribution in [0.3, 0.4) is 0 Å². The highest BCUT2D eigenvalue weighted by atomic mass is 35.5. The highest BCUT2D eigenvalue weighted by molar-refractivity contribution is 7.88. The lowest BCUT2D eigenvalue weighted by Gasteiger charge is -2.31. The molecule has 0 unspecified atom stereocenters. The number of carbonyl (C=O) groups excluding carboxylic acids is 1. The summed E-state index contributed by atoms with van der Waals surface area (Å²) in [6, 6.07) is 13.9. The Morgan fingerprint density at radius 2 is 1.86 bits per heavy atom. The van der Waals surface area contributed by atoms with E-state index in [2.05, 4.69) is 5.32 Å². The minimum absolute atomic E-state index is 0.0998. The number of amides is 1. The van der Waals surface area contributed by atoms with E-state index in [-0.39, 0.29) is 24.1 Å². The number of rotatable bonds is 7. The van der Waals surface area contributed by atoms with Crippen LogP contribution >= 0.6 is 11.6 Å². The van der Waals surface area contributed by atoms with Crippen molar-refractivity contribution in [1.82, 2.24) is 4.31 Å². The number of nitrogens with one attached hydrogen (secondary N) is 1. The molecule has 3 rings (SSSR count). The number of hydrogen-bond donors (Lipinski definition) is 1. The van der Waals surface area contributed by atoms with E-state index in [1.807, 2.05) is 6.92 Å². The molecule has 2 aromatic carbocycles. The first kappa shape index (κ1) is 21.6. The van der Waals surface area contributed by atoms with Crippen molar-refractivity contribution in [2.24, 2.45) is 5.92 Å². The smallest absolute Gasteiger partial charge is 0.228 e. The van der Waals surface area contributed by atoms with E-state index in [1.54, 1.807) is 48.5 Å². The summed E-state index contributed by atoms with van der Waals surface area (Å²) in [6.45, 7) is 3.11. The van der Waals surface area contributed by atoms with Crippen molar-refractivity contribution in [2.45, 2.75) is 25.5 Å². The van der Waals surface area contributed by atoms with Crippen molar-refractivity contribution in [1.29, 1.82) is 0 Å². The third-order valence-corrected chi connectivity index (χ3v) is 6.91. The first-order valence-corrected chi connectivity index (χ1v) is 11.6. The van der Waals surface area contributed by atoms with Crippen molar-refractivity contribution in [3.05, 3.63) is 59.1 Å². The summed E-state index contributed by atoms with van der Waals surface area (Å²) < 4.78 is 32.4. The molecule has 8 heteroatoms. The molecular weight excluding hydrogens is 412 g/mol. The SMILES string of the molecule is CCOc1ccc(NC(=O)[C@@H]2CCCN(S(=O)(=O)Cc3ccc(Cl)cc3)C2)cc1.